The Balaban J connectivity index is 1.67. The number of aliphatic hydroxyl groups excluding tert-OH is 1. The summed E-state index contributed by atoms with van der Waals surface area (Å²) in [6, 6.07) is 6.33. The number of fused-ring (bicyclic) bond motifs is 1. The van der Waals surface area contributed by atoms with E-state index in [1.54, 1.807) is 26.6 Å². The first-order valence-electron chi connectivity index (χ1n) is 10.2. The highest BCUT2D eigenvalue weighted by Gasteiger charge is 2.30. The van der Waals surface area contributed by atoms with E-state index in [0.29, 0.717) is 5.88 Å². The zero-order valence-electron chi connectivity index (χ0n) is 17.4. The second-order valence-corrected chi connectivity index (χ2v) is 7.88. The molecule has 1 aliphatic carbocycles. The highest BCUT2D eigenvalue weighted by molar-refractivity contribution is 5.81. The van der Waals surface area contributed by atoms with Crippen LogP contribution in [0.5, 0.6) is 11.6 Å². The summed E-state index contributed by atoms with van der Waals surface area (Å²) in [5.74, 6) is 1.54. The monoisotopic (exact) mass is 395 g/mol. The van der Waals surface area contributed by atoms with Crippen molar-refractivity contribution in [3.8, 4) is 11.6 Å². The molecule has 6 heteroatoms. The van der Waals surface area contributed by atoms with Gasteiger partial charge in [-0.3, -0.25) is 4.98 Å². The number of methoxy groups -OCH3 is 2. The van der Waals surface area contributed by atoms with Gasteiger partial charge in [0.2, 0.25) is 5.88 Å². The molecule has 1 aromatic heterocycles. The van der Waals surface area contributed by atoms with E-state index in [0.717, 1.165) is 50.3 Å². The third-order valence-electron chi connectivity index (χ3n) is 6.09. The van der Waals surface area contributed by atoms with Crippen molar-refractivity contribution in [1.29, 1.82) is 0 Å². The first-order valence-corrected chi connectivity index (χ1v) is 10.2. The Morgan fingerprint density at radius 2 is 2.03 bits per heavy atom. The van der Waals surface area contributed by atoms with Crippen LogP contribution < -0.4 is 9.47 Å². The van der Waals surface area contributed by atoms with E-state index in [1.165, 1.54) is 22.3 Å². The molecule has 1 fully saturated rings. The molecule has 0 radical (unpaired) electrons. The number of aromatic nitrogens is 2. The minimum absolute atomic E-state index is 0.0764. The minimum atomic E-state index is -0.184. The van der Waals surface area contributed by atoms with Gasteiger partial charge in [-0.05, 0) is 48.1 Å². The van der Waals surface area contributed by atoms with Crippen LogP contribution in [-0.4, -0.2) is 59.9 Å². The summed E-state index contributed by atoms with van der Waals surface area (Å²) in [7, 11) is 3.35. The molecule has 2 unspecified atom stereocenters. The molecule has 0 bridgehead atoms. The third kappa shape index (κ3) is 4.00. The van der Waals surface area contributed by atoms with E-state index in [4.69, 9.17) is 9.47 Å². The predicted molar refractivity (Wildman–Crippen MR) is 112 cm³/mol. The number of β-amino-alcohol motifs (C(OH)–C–C–N with tert-alkyl or cyclic N) is 1. The lowest BCUT2D eigenvalue weighted by Gasteiger charge is -2.20. The van der Waals surface area contributed by atoms with Crippen LogP contribution in [0.25, 0.3) is 5.57 Å². The Labute approximate surface area is 172 Å². The summed E-state index contributed by atoms with van der Waals surface area (Å²) < 4.78 is 10.9. The first-order chi connectivity index (χ1) is 14.1. The van der Waals surface area contributed by atoms with Gasteiger partial charge in [-0.25, -0.2) is 4.98 Å². The molecule has 1 saturated heterocycles. The highest BCUT2D eigenvalue weighted by atomic mass is 16.5. The summed E-state index contributed by atoms with van der Waals surface area (Å²) in [5, 5.41) is 9.84. The van der Waals surface area contributed by atoms with E-state index in [1.807, 2.05) is 6.07 Å². The number of nitrogens with zero attached hydrogens (tertiary/aromatic N) is 3. The summed E-state index contributed by atoms with van der Waals surface area (Å²) in [4.78, 5) is 11.3. The molecule has 2 aromatic rings. The second-order valence-electron chi connectivity index (χ2n) is 7.88. The Morgan fingerprint density at radius 1 is 1.21 bits per heavy atom. The van der Waals surface area contributed by atoms with Gasteiger partial charge < -0.3 is 19.5 Å². The molecule has 0 amide bonds. The molecule has 6 nitrogen and oxygen atoms in total. The largest absolute Gasteiger partial charge is 0.497 e. The van der Waals surface area contributed by atoms with Gasteiger partial charge in [0.05, 0.1) is 20.3 Å². The van der Waals surface area contributed by atoms with Crippen molar-refractivity contribution >= 4 is 5.57 Å². The van der Waals surface area contributed by atoms with Crippen molar-refractivity contribution in [1.82, 2.24) is 14.9 Å². The van der Waals surface area contributed by atoms with Crippen molar-refractivity contribution in [2.75, 3.05) is 33.9 Å². The van der Waals surface area contributed by atoms with Crippen molar-refractivity contribution in [3.05, 3.63) is 53.0 Å². The molecule has 2 heterocycles. The van der Waals surface area contributed by atoms with Crippen LogP contribution in [0.4, 0.5) is 0 Å². The van der Waals surface area contributed by atoms with Crippen LogP contribution in [0.3, 0.4) is 0 Å². The summed E-state index contributed by atoms with van der Waals surface area (Å²) >= 11 is 0. The number of aliphatic hydroxyl groups is 1. The molecule has 0 spiro atoms. The third-order valence-corrected chi connectivity index (χ3v) is 6.09. The van der Waals surface area contributed by atoms with Crippen LogP contribution in [-0.2, 0) is 6.42 Å². The Hall–Kier alpha value is -2.44. The van der Waals surface area contributed by atoms with Gasteiger partial charge in [0, 0.05) is 37.9 Å². The fourth-order valence-electron chi connectivity index (χ4n) is 4.62. The fourth-order valence-corrected chi connectivity index (χ4v) is 4.62. The average molecular weight is 396 g/mol. The van der Waals surface area contributed by atoms with Gasteiger partial charge in [0.25, 0.3) is 0 Å². The van der Waals surface area contributed by atoms with Gasteiger partial charge >= 0.3 is 0 Å². The fraction of sp³-hybridized carbons (Fsp3) is 0.478. The zero-order chi connectivity index (χ0) is 20.4. The molecule has 2 atom stereocenters. The molecule has 29 heavy (non-hydrogen) atoms. The van der Waals surface area contributed by atoms with E-state index in [9.17, 15) is 5.11 Å². The summed E-state index contributed by atoms with van der Waals surface area (Å²) in [5.41, 5.74) is 6.17. The molecule has 1 N–H and O–H groups in total. The van der Waals surface area contributed by atoms with Gasteiger partial charge in [-0.2, -0.15) is 0 Å². The van der Waals surface area contributed by atoms with Crippen molar-refractivity contribution in [2.45, 2.75) is 38.2 Å². The maximum atomic E-state index is 9.84. The smallest absolute Gasteiger partial charge is 0.235 e. The van der Waals surface area contributed by atoms with Crippen LogP contribution >= 0.6 is 0 Å². The number of hydrogen-bond acceptors (Lipinski definition) is 6. The molecule has 4 rings (SSSR count). The van der Waals surface area contributed by atoms with Crippen molar-refractivity contribution < 1.29 is 14.6 Å². The van der Waals surface area contributed by atoms with E-state index < -0.39 is 0 Å². The van der Waals surface area contributed by atoms with Crippen molar-refractivity contribution in [2.24, 2.45) is 0 Å². The molecule has 1 aromatic carbocycles. The van der Waals surface area contributed by atoms with Gasteiger partial charge in [-0.15, -0.1) is 0 Å². The highest BCUT2D eigenvalue weighted by Crippen LogP contribution is 2.45. The molecular formula is C23H29N3O3. The molecule has 2 aliphatic rings. The van der Waals surface area contributed by atoms with Gasteiger partial charge in [0.15, 0.2) is 0 Å². The predicted octanol–water partition coefficient (Wildman–Crippen LogP) is 3.06. The minimum Gasteiger partial charge on any atom is -0.497 e. The standard InChI is InChI=1S/C23H29N3O3/c1-15(22-23(29-3)25-9-8-24-22)21-16(6-10-26-11-7-18(27)14-26)12-17-13-19(28-2)4-5-20(17)21/h4-5,8-9,13,15,18,27H,6-7,10-12,14H2,1-3H3. The normalized spacial score (nSPS) is 20.1. The number of benzene rings is 1. The number of allylic oxidation sites excluding steroid dienone is 1. The van der Waals surface area contributed by atoms with E-state index >= 15 is 0 Å². The molecular weight excluding hydrogens is 366 g/mol. The summed E-state index contributed by atoms with van der Waals surface area (Å²) in [6.07, 6.45) is 5.98. The topological polar surface area (TPSA) is 67.7 Å². The van der Waals surface area contributed by atoms with Gasteiger partial charge in [-0.1, -0.05) is 18.6 Å². The molecule has 0 saturated carbocycles. The number of ether oxygens (including phenoxy) is 2. The maximum Gasteiger partial charge on any atom is 0.235 e. The van der Waals surface area contributed by atoms with Gasteiger partial charge in [0.1, 0.15) is 11.4 Å². The number of rotatable bonds is 7. The van der Waals surface area contributed by atoms with Crippen LogP contribution in [0.15, 0.2) is 36.2 Å². The average Bonchev–Trinajstić information content (AvgIpc) is 3.33. The lowest BCUT2D eigenvalue weighted by Crippen LogP contribution is -2.23. The maximum absolute atomic E-state index is 9.84. The first kappa shape index (κ1) is 19.9. The Kier molecular flexibility index (Phi) is 5.83. The quantitative estimate of drug-likeness (QED) is 0.777. The van der Waals surface area contributed by atoms with E-state index in [2.05, 4.69) is 33.9 Å². The second kappa shape index (κ2) is 8.51. The number of hydrogen-bond donors (Lipinski definition) is 1. The van der Waals surface area contributed by atoms with Crippen molar-refractivity contribution in [3.63, 3.8) is 0 Å². The van der Waals surface area contributed by atoms with Crippen LogP contribution in [0.1, 0.15) is 42.5 Å². The van der Waals surface area contributed by atoms with E-state index in [-0.39, 0.29) is 12.0 Å². The Morgan fingerprint density at radius 3 is 2.76 bits per heavy atom. The zero-order valence-corrected chi connectivity index (χ0v) is 17.4. The SMILES string of the molecule is COc1ccc2c(c1)CC(CCN1CCC(O)C1)=C2C(C)c1nccnc1OC. The summed E-state index contributed by atoms with van der Waals surface area (Å²) in [6.45, 7) is 4.89. The molecule has 1 aliphatic heterocycles. The molecule has 154 valence electrons. The van der Waals surface area contributed by atoms with Crippen LogP contribution in [0.2, 0.25) is 0 Å². The lowest BCUT2D eigenvalue weighted by atomic mass is 9.90. The van der Waals surface area contributed by atoms with Crippen LogP contribution in [0, 0.1) is 0 Å². The lowest BCUT2D eigenvalue weighted by molar-refractivity contribution is 0.177. The Bertz CT molecular complexity index is 912. The number of likely N-dealkylation sites (tertiary alicyclic amines) is 1.